The Morgan fingerprint density at radius 3 is 2.65 bits per heavy atom. The molecule has 0 aliphatic heterocycles. The molecule has 0 aromatic carbocycles. The summed E-state index contributed by atoms with van der Waals surface area (Å²) in [4.78, 5) is 1.23. The summed E-state index contributed by atoms with van der Waals surface area (Å²) < 4.78 is 0. The Hall–Kier alpha value is -0.380. The molecule has 1 heterocycles. The summed E-state index contributed by atoms with van der Waals surface area (Å²) in [6.07, 6.45) is 5.78. The van der Waals surface area contributed by atoms with Crippen molar-refractivity contribution < 1.29 is 5.11 Å². The van der Waals surface area contributed by atoms with Crippen molar-refractivity contribution in [3.8, 4) is 0 Å². The lowest BCUT2D eigenvalue weighted by atomic mass is 9.68. The lowest BCUT2D eigenvalue weighted by molar-refractivity contribution is -0.00678. The Balaban J connectivity index is 2.13. The van der Waals surface area contributed by atoms with E-state index in [-0.39, 0.29) is 17.4 Å². The van der Waals surface area contributed by atoms with E-state index >= 15 is 0 Å². The quantitative estimate of drug-likeness (QED) is 0.866. The van der Waals surface area contributed by atoms with Crippen LogP contribution in [0.25, 0.3) is 0 Å². The van der Waals surface area contributed by atoms with Gasteiger partial charge in [-0.15, -0.1) is 11.3 Å². The molecule has 1 aromatic rings. The van der Waals surface area contributed by atoms with E-state index in [0.29, 0.717) is 6.54 Å². The largest absolute Gasteiger partial charge is 0.392 e. The summed E-state index contributed by atoms with van der Waals surface area (Å²) in [5.41, 5.74) is 5.94. The van der Waals surface area contributed by atoms with Crippen LogP contribution in [0.1, 0.15) is 49.8 Å². The molecular weight excluding hydrogens is 230 g/mol. The van der Waals surface area contributed by atoms with Crippen molar-refractivity contribution in [3.63, 3.8) is 0 Å². The molecule has 2 atom stereocenters. The third kappa shape index (κ3) is 2.72. The summed E-state index contributed by atoms with van der Waals surface area (Å²) in [6, 6.07) is 4.14. The molecule has 2 rings (SSSR count). The molecule has 1 aromatic heterocycles. The monoisotopic (exact) mass is 253 g/mol. The first-order valence-electron chi connectivity index (χ1n) is 6.59. The predicted octanol–water partition coefficient (Wildman–Crippen LogP) is 3.12. The van der Waals surface area contributed by atoms with Gasteiger partial charge in [-0.25, -0.2) is 0 Å². The van der Waals surface area contributed by atoms with Crippen molar-refractivity contribution in [2.45, 2.75) is 51.0 Å². The molecule has 0 saturated heterocycles. The molecular formula is C14H23NOS. The molecule has 0 bridgehead atoms. The summed E-state index contributed by atoms with van der Waals surface area (Å²) in [5, 5.41) is 12.8. The number of rotatable bonds is 4. The molecule has 1 saturated carbocycles. The number of aliphatic hydroxyl groups excluding tert-OH is 1. The van der Waals surface area contributed by atoms with Gasteiger partial charge >= 0.3 is 0 Å². The van der Waals surface area contributed by atoms with Gasteiger partial charge in [0.15, 0.2) is 0 Å². The molecule has 2 nitrogen and oxygen atoms in total. The van der Waals surface area contributed by atoms with Gasteiger partial charge < -0.3 is 10.8 Å². The van der Waals surface area contributed by atoms with Crippen molar-refractivity contribution in [1.82, 2.24) is 0 Å². The lowest BCUT2D eigenvalue weighted by Gasteiger charge is -2.41. The molecule has 2 unspecified atom stereocenters. The molecule has 17 heavy (non-hydrogen) atoms. The number of thiophene rings is 1. The van der Waals surface area contributed by atoms with Crippen molar-refractivity contribution in [2.75, 3.05) is 6.54 Å². The van der Waals surface area contributed by atoms with Crippen molar-refractivity contribution in [2.24, 2.45) is 11.1 Å². The fourth-order valence-electron chi connectivity index (χ4n) is 3.04. The Bertz CT molecular complexity index is 330. The molecule has 0 spiro atoms. The van der Waals surface area contributed by atoms with Gasteiger partial charge in [0.05, 0.1) is 6.10 Å². The minimum absolute atomic E-state index is 0.0618. The summed E-state index contributed by atoms with van der Waals surface area (Å²) in [6.45, 7) is 2.77. The first-order valence-corrected chi connectivity index (χ1v) is 7.47. The minimum Gasteiger partial charge on any atom is -0.392 e. The molecule has 96 valence electrons. The van der Waals surface area contributed by atoms with Crippen LogP contribution in [0.15, 0.2) is 17.5 Å². The van der Waals surface area contributed by atoms with Crippen LogP contribution in [0.4, 0.5) is 0 Å². The maximum absolute atomic E-state index is 10.7. The van der Waals surface area contributed by atoms with Crippen LogP contribution in [0, 0.1) is 5.41 Å². The number of aliphatic hydroxyl groups is 1. The fourth-order valence-corrected chi connectivity index (χ4v) is 3.92. The first kappa shape index (κ1) is 13.1. The van der Waals surface area contributed by atoms with Gasteiger partial charge in [0.25, 0.3) is 0 Å². The highest BCUT2D eigenvalue weighted by atomic mass is 32.1. The van der Waals surface area contributed by atoms with Gasteiger partial charge in [-0.1, -0.05) is 32.3 Å². The summed E-state index contributed by atoms with van der Waals surface area (Å²) in [7, 11) is 0. The Labute approximate surface area is 108 Å². The highest BCUT2D eigenvalue weighted by Crippen LogP contribution is 2.43. The van der Waals surface area contributed by atoms with Crippen LogP contribution in [-0.2, 0) is 0 Å². The van der Waals surface area contributed by atoms with Gasteiger partial charge in [-0.05, 0) is 29.7 Å². The van der Waals surface area contributed by atoms with Gasteiger partial charge in [0.2, 0.25) is 0 Å². The number of nitrogens with two attached hydrogens (primary N) is 1. The lowest BCUT2D eigenvalue weighted by Crippen LogP contribution is -2.41. The zero-order valence-corrected chi connectivity index (χ0v) is 11.4. The molecule has 3 heteroatoms. The third-order valence-electron chi connectivity index (χ3n) is 4.25. The van der Waals surface area contributed by atoms with Crippen LogP contribution in [0.5, 0.6) is 0 Å². The molecule has 3 N–H and O–H groups in total. The normalized spacial score (nSPS) is 23.2. The number of hydrogen-bond donors (Lipinski definition) is 2. The average molecular weight is 253 g/mol. The van der Waals surface area contributed by atoms with E-state index in [2.05, 4.69) is 18.4 Å². The van der Waals surface area contributed by atoms with Crippen molar-refractivity contribution in [3.05, 3.63) is 22.4 Å². The summed E-state index contributed by atoms with van der Waals surface area (Å²) in [5.74, 6) is 0.109. The van der Waals surface area contributed by atoms with Crippen molar-refractivity contribution in [1.29, 1.82) is 0 Å². The van der Waals surface area contributed by atoms with E-state index in [9.17, 15) is 5.11 Å². The number of hydrogen-bond acceptors (Lipinski definition) is 3. The molecule has 1 aliphatic rings. The molecule has 0 amide bonds. The second kappa shape index (κ2) is 5.51. The molecule has 1 fully saturated rings. The third-order valence-corrected chi connectivity index (χ3v) is 5.26. The topological polar surface area (TPSA) is 46.2 Å². The minimum atomic E-state index is -0.300. The predicted molar refractivity (Wildman–Crippen MR) is 73.3 cm³/mol. The zero-order chi connectivity index (χ0) is 12.3. The van der Waals surface area contributed by atoms with E-state index in [1.165, 1.54) is 24.1 Å². The van der Waals surface area contributed by atoms with Crippen molar-refractivity contribution >= 4 is 11.3 Å². The first-order chi connectivity index (χ1) is 8.17. The van der Waals surface area contributed by atoms with Gasteiger partial charge in [-0.3, -0.25) is 0 Å². The SMILES string of the molecule is CC1(C(O)C(CN)c2cccs2)CCCCC1. The van der Waals surface area contributed by atoms with Gasteiger partial charge in [-0.2, -0.15) is 0 Å². The smallest absolute Gasteiger partial charge is 0.0682 e. The van der Waals surface area contributed by atoms with E-state index in [0.717, 1.165) is 12.8 Å². The van der Waals surface area contributed by atoms with Crippen LogP contribution in [-0.4, -0.2) is 17.8 Å². The van der Waals surface area contributed by atoms with Crippen LogP contribution < -0.4 is 5.73 Å². The average Bonchev–Trinajstić information content (AvgIpc) is 2.84. The van der Waals surface area contributed by atoms with Gasteiger partial charge in [0.1, 0.15) is 0 Å². The zero-order valence-electron chi connectivity index (χ0n) is 10.6. The highest BCUT2D eigenvalue weighted by molar-refractivity contribution is 7.10. The standard InChI is InChI=1S/C14H23NOS/c1-14(7-3-2-4-8-14)13(16)11(10-15)12-6-5-9-17-12/h5-6,9,11,13,16H,2-4,7-8,10,15H2,1H3. The Kier molecular flexibility index (Phi) is 4.23. The van der Waals surface area contributed by atoms with Gasteiger partial charge in [0, 0.05) is 17.3 Å². The maximum Gasteiger partial charge on any atom is 0.0682 e. The second-order valence-corrected chi connectivity index (χ2v) is 6.50. The van der Waals surface area contributed by atoms with E-state index in [1.807, 2.05) is 6.07 Å². The Morgan fingerprint density at radius 1 is 1.41 bits per heavy atom. The van der Waals surface area contributed by atoms with E-state index in [4.69, 9.17) is 5.73 Å². The Morgan fingerprint density at radius 2 is 2.12 bits per heavy atom. The second-order valence-electron chi connectivity index (χ2n) is 5.52. The summed E-state index contributed by atoms with van der Waals surface area (Å²) >= 11 is 1.71. The molecule has 1 aliphatic carbocycles. The van der Waals surface area contributed by atoms with E-state index < -0.39 is 0 Å². The molecule has 0 radical (unpaired) electrons. The fraction of sp³-hybridized carbons (Fsp3) is 0.714. The maximum atomic E-state index is 10.7. The van der Waals surface area contributed by atoms with Crippen LogP contribution in [0.2, 0.25) is 0 Å². The van der Waals surface area contributed by atoms with E-state index in [1.54, 1.807) is 11.3 Å². The highest BCUT2D eigenvalue weighted by Gasteiger charge is 2.39. The van der Waals surface area contributed by atoms with Crippen LogP contribution in [0.3, 0.4) is 0 Å². The van der Waals surface area contributed by atoms with Crippen LogP contribution >= 0.6 is 11.3 Å².